The minimum Gasteiger partial charge on any atom is -0.478 e. The number of furan rings is 1. The first-order chi connectivity index (χ1) is 21.2. The lowest BCUT2D eigenvalue weighted by Gasteiger charge is -2.23. The monoisotopic (exact) mass is 640 g/mol. The van der Waals surface area contributed by atoms with Gasteiger partial charge in [-0.15, -0.1) is 0 Å². The SMILES string of the molecule is Cc1nc(Nc2ccccc2C(=O)O)c(NCc2ccc(-c3cc(Cl)ccc3Cl)o2)c(NC(CCCN)C(=O)NCCN)n1. The van der Waals surface area contributed by atoms with Crippen LogP contribution in [0.1, 0.15) is 34.8 Å². The number of para-hydroxylation sites is 1. The predicted octanol–water partition coefficient (Wildman–Crippen LogP) is 5.00. The van der Waals surface area contributed by atoms with Crippen LogP contribution in [0.25, 0.3) is 11.3 Å². The first-order valence-corrected chi connectivity index (χ1v) is 14.7. The summed E-state index contributed by atoms with van der Waals surface area (Å²) in [5.74, 6) is 0.712. The molecule has 0 aliphatic heterocycles. The van der Waals surface area contributed by atoms with Gasteiger partial charge in [0.25, 0.3) is 0 Å². The Hall–Kier alpha value is -4.36. The summed E-state index contributed by atoms with van der Waals surface area (Å²) in [5, 5.41) is 23.2. The first kappa shape index (κ1) is 32.6. The molecule has 1 amide bonds. The van der Waals surface area contributed by atoms with Gasteiger partial charge in [0.05, 0.1) is 22.8 Å². The summed E-state index contributed by atoms with van der Waals surface area (Å²) >= 11 is 12.5. The largest absolute Gasteiger partial charge is 0.478 e. The van der Waals surface area contributed by atoms with Crippen molar-refractivity contribution in [1.82, 2.24) is 15.3 Å². The van der Waals surface area contributed by atoms with Crippen molar-refractivity contribution in [3.8, 4) is 11.3 Å². The number of aromatic nitrogens is 2. The standard InChI is InChI=1S/C30H34Cl2N8O4/c1-17-37-27(39-23-6-3-2-5-20(23)30(42)43)26(28(38-17)40-24(7-4-12-33)29(41)35-14-13-34)36-16-19-9-11-25(44-19)21-15-18(31)8-10-22(21)32/h2-3,5-6,8-11,15,24,36H,4,7,12-14,16,33-34H2,1H3,(H,35,41)(H,42,43)(H2,37,38,39,40). The molecular formula is C30H34Cl2N8O4. The summed E-state index contributed by atoms with van der Waals surface area (Å²) in [7, 11) is 0. The third-order valence-corrected chi connectivity index (χ3v) is 7.06. The molecule has 0 radical (unpaired) electrons. The number of hydrogen-bond donors (Lipinski definition) is 7. The quantitative estimate of drug-likeness (QED) is 0.0924. The average Bonchev–Trinajstić information content (AvgIpc) is 3.47. The van der Waals surface area contributed by atoms with Crippen molar-refractivity contribution in [2.45, 2.75) is 32.4 Å². The zero-order chi connectivity index (χ0) is 31.6. The fourth-order valence-electron chi connectivity index (χ4n) is 4.39. The lowest BCUT2D eigenvalue weighted by Crippen LogP contribution is -2.42. The second kappa shape index (κ2) is 15.4. The fourth-order valence-corrected chi connectivity index (χ4v) is 4.78. The maximum absolute atomic E-state index is 13.0. The minimum absolute atomic E-state index is 0.0558. The molecule has 0 saturated carbocycles. The molecule has 4 aromatic rings. The number of nitrogens with one attached hydrogen (secondary N) is 4. The molecule has 44 heavy (non-hydrogen) atoms. The van der Waals surface area contributed by atoms with Crippen molar-refractivity contribution >= 4 is 58.1 Å². The molecule has 4 rings (SSSR count). The molecule has 9 N–H and O–H groups in total. The van der Waals surface area contributed by atoms with Crippen LogP contribution in [0.2, 0.25) is 10.0 Å². The van der Waals surface area contributed by atoms with Crippen LogP contribution in [0, 0.1) is 6.92 Å². The summed E-state index contributed by atoms with van der Waals surface area (Å²) < 4.78 is 6.06. The van der Waals surface area contributed by atoms with Gasteiger partial charge in [0.15, 0.2) is 11.6 Å². The number of rotatable bonds is 15. The lowest BCUT2D eigenvalue weighted by molar-refractivity contribution is -0.121. The molecule has 2 heterocycles. The Balaban J connectivity index is 1.71. The molecule has 1 unspecified atom stereocenters. The molecule has 2 aromatic heterocycles. The molecule has 12 nitrogen and oxygen atoms in total. The van der Waals surface area contributed by atoms with Crippen molar-refractivity contribution in [3.63, 3.8) is 0 Å². The summed E-state index contributed by atoms with van der Waals surface area (Å²) in [6.45, 7) is 2.87. The zero-order valence-corrected chi connectivity index (χ0v) is 25.5. The van der Waals surface area contributed by atoms with E-state index in [0.717, 1.165) is 0 Å². The van der Waals surface area contributed by atoms with Gasteiger partial charge in [-0.1, -0.05) is 35.3 Å². The van der Waals surface area contributed by atoms with Gasteiger partial charge < -0.3 is 42.3 Å². The third-order valence-electron chi connectivity index (χ3n) is 6.49. The minimum atomic E-state index is -1.10. The number of aryl methyl sites for hydroxylation is 1. The molecule has 1 atom stereocenters. The van der Waals surface area contributed by atoms with Crippen LogP contribution in [0.15, 0.2) is 59.0 Å². The smallest absolute Gasteiger partial charge is 0.337 e. The second-order valence-electron chi connectivity index (χ2n) is 9.77. The summed E-state index contributed by atoms with van der Waals surface area (Å²) in [4.78, 5) is 34.1. The Kier molecular flexibility index (Phi) is 11.4. The van der Waals surface area contributed by atoms with Gasteiger partial charge in [0.1, 0.15) is 29.1 Å². The number of anilines is 4. The number of amides is 1. The van der Waals surface area contributed by atoms with E-state index >= 15 is 0 Å². The Labute approximate surface area is 264 Å². The van der Waals surface area contributed by atoms with Crippen LogP contribution >= 0.6 is 23.2 Å². The zero-order valence-electron chi connectivity index (χ0n) is 24.0. The Morgan fingerprint density at radius 2 is 1.80 bits per heavy atom. The van der Waals surface area contributed by atoms with Crippen molar-refractivity contribution < 1.29 is 19.1 Å². The van der Waals surface area contributed by atoms with Crippen molar-refractivity contribution in [2.75, 3.05) is 35.6 Å². The molecule has 232 valence electrons. The molecular weight excluding hydrogens is 607 g/mol. The second-order valence-corrected chi connectivity index (χ2v) is 10.6. The highest BCUT2D eigenvalue weighted by Gasteiger charge is 2.23. The molecule has 0 bridgehead atoms. The highest BCUT2D eigenvalue weighted by Crippen LogP contribution is 2.34. The number of carbonyl (C=O) groups is 2. The number of aromatic carboxylic acids is 1. The van der Waals surface area contributed by atoms with Crippen LogP contribution in [-0.4, -0.2) is 52.6 Å². The molecule has 14 heteroatoms. The number of carbonyl (C=O) groups excluding carboxylic acids is 1. The van der Waals surface area contributed by atoms with Gasteiger partial charge in [-0.3, -0.25) is 4.79 Å². The number of halogens is 2. The van der Waals surface area contributed by atoms with Crippen LogP contribution in [0.3, 0.4) is 0 Å². The molecule has 0 fully saturated rings. The molecule has 0 aliphatic rings. The number of benzene rings is 2. The van der Waals surface area contributed by atoms with E-state index in [4.69, 9.17) is 39.1 Å². The normalized spacial score (nSPS) is 11.6. The van der Waals surface area contributed by atoms with Gasteiger partial charge in [-0.2, -0.15) is 0 Å². The predicted molar refractivity (Wildman–Crippen MR) is 173 cm³/mol. The molecule has 0 saturated heterocycles. The Bertz CT molecular complexity index is 1610. The number of carboxylic acids is 1. The van der Waals surface area contributed by atoms with Gasteiger partial charge in [0.2, 0.25) is 5.91 Å². The van der Waals surface area contributed by atoms with Crippen molar-refractivity contribution in [2.24, 2.45) is 11.5 Å². The van der Waals surface area contributed by atoms with Crippen LogP contribution in [-0.2, 0) is 11.3 Å². The topological polar surface area (TPSA) is 193 Å². The van der Waals surface area contributed by atoms with E-state index in [-0.39, 0.29) is 24.6 Å². The van der Waals surface area contributed by atoms with Crippen LogP contribution < -0.4 is 32.7 Å². The maximum Gasteiger partial charge on any atom is 0.337 e. The summed E-state index contributed by atoms with van der Waals surface area (Å²) in [6, 6.07) is 14.5. The highest BCUT2D eigenvalue weighted by atomic mass is 35.5. The summed E-state index contributed by atoms with van der Waals surface area (Å²) in [5.41, 5.74) is 12.7. The van der Waals surface area contributed by atoms with Crippen molar-refractivity contribution in [1.29, 1.82) is 0 Å². The number of nitrogens with zero attached hydrogens (tertiary/aromatic N) is 2. The first-order valence-electron chi connectivity index (χ1n) is 13.9. The van der Waals surface area contributed by atoms with E-state index in [2.05, 4.69) is 31.2 Å². The number of nitrogens with two attached hydrogens (primary N) is 2. The van der Waals surface area contributed by atoms with E-state index < -0.39 is 12.0 Å². The average molecular weight is 642 g/mol. The van der Waals surface area contributed by atoms with E-state index in [1.165, 1.54) is 6.07 Å². The van der Waals surface area contributed by atoms with E-state index in [1.807, 2.05) is 0 Å². The van der Waals surface area contributed by atoms with Crippen LogP contribution in [0.4, 0.5) is 23.0 Å². The van der Waals surface area contributed by atoms with E-state index in [0.29, 0.717) is 81.9 Å². The molecule has 2 aromatic carbocycles. The Morgan fingerprint density at radius 3 is 2.55 bits per heavy atom. The molecule has 0 aliphatic carbocycles. The van der Waals surface area contributed by atoms with E-state index in [1.54, 1.807) is 55.5 Å². The lowest BCUT2D eigenvalue weighted by atomic mass is 10.1. The number of hydrogen-bond acceptors (Lipinski definition) is 10. The van der Waals surface area contributed by atoms with Gasteiger partial charge in [-0.05, 0) is 68.8 Å². The molecule has 0 spiro atoms. The number of carboxylic acid groups (broad SMARTS) is 1. The van der Waals surface area contributed by atoms with Gasteiger partial charge in [-0.25, -0.2) is 14.8 Å². The van der Waals surface area contributed by atoms with E-state index in [9.17, 15) is 14.7 Å². The Morgan fingerprint density at radius 1 is 1.02 bits per heavy atom. The van der Waals surface area contributed by atoms with Gasteiger partial charge in [0, 0.05) is 23.7 Å². The fraction of sp³-hybridized carbons (Fsp3) is 0.267. The highest BCUT2D eigenvalue weighted by molar-refractivity contribution is 6.35. The third kappa shape index (κ3) is 8.38. The van der Waals surface area contributed by atoms with Gasteiger partial charge >= 0.3 is 5.97 Å². The van der Waals surface area contributed by atoms with Crippen molar-refractivity contribution in [3.05, 3.63) is 81.8 Å². The summed E-state index contributed by atoms with van der Waals surface area (Å²) in [6.07, 6.45) is 1.01. The maximum atomic E-state index is 13.0. The van der Waals surface area contributed by atoms with Crippen LogP contribution in [0.5, 0.6) is 0 Å².